The maximum absolute atomic E-state index is 6.04. The van der Waals surface area contributed by atoms with Gasteiger partial charge < -0.3 is 10.1 Å². The Bertz CT molecular complexity index is 959. The first-order valence-electron chi connectivity index (χ1n) is 9.17. The van der Waals surface area contributed by atoms with Crippen LogP contribution < -0.4 is 10.1 Å². The summed E-state index contributed by atoms with van der Waals surface area (Å²) in [5.41, 5.74) is 4.56. The fourth-order valence-electron chi connectivity index (χ4n) is 3.60. The third-order valence-corrected chi connectivity index (χ3v) is 5.18. The molecule has 0 bridgehead atoms. The molecule has 0 atom stereocenters. The lowest BCUT2D eigenvalue weighted by molar-refractivity contribution is 0.325. The molecule has 27 heavy (non-hydrogen) atoms. The number of benzene rings is 1. The molecule has 8 heteroatoms. The number of aromatic nitrogens is 5. The quantitative estimate of drug-likeness (QED) is 0.749. The summed E-state index contributed by atoms with van der Waals surface area (Å²) < 4.78 is 9.77. The second kappa shape index (κ2) is 6.98. The lowest BCUT2D eigenvalue weighted by Gasteiger charge is -2.28. The molecule has 5 rings (SSSR count). The van der Waals surface area contributed by atoms with E-state index < -0.39 is 0 Å². The molecular weight excluding hydrogens is 364 g/mol. The van der Waals surface area contributed by atoms with Gasteiger partial charge >= 0.3 is 0 Å². The first-order chi connectivity index (χ1) is 12.7. The largest absolute Gasteiger partial charge is 0.493 e. The van der Waals surface area contributed by atoms with Crippen LogP contribution in [0.15, 0.2) is 30.7 Å². The minimum Gasteiger partial charge on any atom is -0.493 e. The van der Waals surface area contributed by atoms with Crippen molar-refractivity contribution in [3.63, 3.8) is 0 Å². The number of hydrogen-bond donors (Lipinski definition) is 1. The van der Waals surface area contributed by atoms with Gasteiger partial charge in [-0.2, -0.15) is 15.2 Å². The van der Waals surface area contributed by atoms with Gasteiger partial charge in [0, 0.05) is 42.8 Å². The summed E-state index contributed by atoms with van der Waals surface area (Å²) >= 11 is 0. The monoisotopic (exact) mass is 386 g/mol. The SMILES string of the molecule is CC(C)n1ncnc1-n1cc2c(n1)-c1ccc(C3CNC3)cc1OCC2.Cl. The lowest BCUT2D eigenvalue weighted by Crippen LogP contribution is -2.39. The molecule has 7 nitrogen and oxygen atoms in total. The summed E-state index contributed by atoms with van der Waals surface area (Å²) in [5.74, 6) is 2.27. The number of halogens is 1. The molecular formula is C19H23ClN6O. The zero-order valence-corrected chi connectivity index (χ0v) is 16.2. The van der Waals surface area contributed by atoms with E-state index in [1.807, 2.05) is 9.36 Å². The van der Waals surface area contributed by atoms with Gasteiger partial charge in [-0.15, -0.1) is 12.4 Å². The van der Waals surface area contributed by atoms with Gasteiger partial charge in [-0.25, -0.2) is 9.36 Å². The fourth-order valence-corrected chi connectivity index (χ4v) is 3.60. The molecule has 0 unspecified atom stereocenters. The van der Waals surface area contributed by atoms with Crippen LogP contribution in [0.5, 0.6) is 5.75 Å². The molecule has 3 aromatic rings. The van der Waals surface area contributed by atoms with Crippen LogP contribution in [0.4, 0.5) is 0 Å². The highest BCUT2D eigenvalue weighted by Crippen LogP contribution is 2.37. The van der Waals surface area contributed by atoms with E-state index in [2.05, 4.69) is 53.6 Å². The topological polar surface area (TPSA) is 69.8 Å². The second-order valence-corrected chi connectivity index (χ2v) is 7.26. The number of rotatable bonds is 3. The Morgan fingerprint density at radius 2 is 2.11 bits per heavy atom. The predicted molar refractivity (Wildman–Crippen MR) is 105 cm³/mol. The van der Waals surface area contributed by atoms with Crippen LogP contribution in [0, 0.1) is 0 Å². The van der Waals surface area contributed by atoms with Crippen molar-refractivity contribution >= 4 is 12.4 Å². The number of hydrogen-bond acceptors (Lipinski definition) is 5. The fraction of sp³-hybridized carbons (Fsp3) is 0.421. The van der Waals surface area contributed by atoms with Crippen LogP contribution in [0.25, 0.3) is 17.2 Å². The van der Waals surface area contributed by atoms with E-state index in [9.17, 15) is 0 Å². The number of nitrogens with zero attached hydrogens (tertiary/aromatic N) is 5. The second-order valence-electron chi connectivity index (χ2n) is 7.26. The number of fused-ring (bicyclic) bond motifs is 3. The Morgan fingerprint density at radius 3 is 2.85 bits per heavy atom. The first kappa shape index (κ1) is 18.0. The van der Waals surface area contributed by atoms with Crippen molar-refractivity contribution < 1.29 is 4.74 Å². The maximum Gasteiger partial charge on any atom is 0.249 e. The van der Waals surface area contributed by atoms with Gasteiger partial charge in [-0.1, -0.05) is 6.07 Å². The molecule has 142 valence electrons. The molecule has 0 spiro atoms. The molecule has 1 aromatic carbocycles. The van der Waals surface area contributed by atoms with E-state index in [-0.39, 0.29) is 18.4 Å². The number of nitrogens with one attached hydrogen (secondary N) is 1. The molecule has 0 radical (unpaired) electrons. The summed E-state index contributed by atoms with van der Waals surface area (Å²) in [6.45, 7) is 6.93. The zero-order valence-electron chi connectivity index (χ0n) is 15.4. The van der Waals surface area contributed by atoms with E-state index in [0.717, 1.165) is 42.5 Å². The molecule has 1 N–H and O–H groups in total. The average molecular weight is 387 g/mol. The Labute approximate surface area is 164 Å². The lowest BCUT2D eigenvalue weighted by atomic mass is 9.92. The third-order valence-electron chi connectivity index (χ3n) is 5.18. The van der Waals surface area contributed by atoms with Crippen molar-refractivity contribution in [1.29, 1.82) is 0 Å². The summed E-state index contributed by atoms with van der Waals surface area (Å²) in [5, 5.41) is 12.5. The maximum atomic E-state index is 6.04. The van der Waals surface area contributed by atoms with E-state index in [4.69, 9.17) is 9.84 Å². The minimum atomic E-state index is 0. The first-order valence-corrected chi connectivity index (χ1v) is 9.17. The smallest absolute Gasteiger partial charge is 0.249 e. The molecule has 2 aliphatic heterocycles. The molecule has 0 aliphatic carbocycles. The minimum absolute atomic E-state index is 0. The van der Waals surface area contributed by atoms with E-state index in [1.54, 1.807) is 6.33 Å². The van der Waals surface area contributed by atoms with Gasteiger partial charge in [-0.05, 0) is 31.5 Å². The highest BCUT2D eigenvalue weighted by atomic mass is 35.5. The zero-order chi connectivity index (χ0) is 17.7. The standard InChI is InChI=1S/C19H22N6O.ClH/c1-12(2)25-19(21-11-22-25)24-10-14-5-6-26-17-7-13(15-8-20-9-15)3-4-16(17)18(14)23-24;/h3-4,7,10-12,15,20H,5-6,8-9H2,1-2H3;1H. The van der Waals surface area contributed by atoms with Crippen LogP contribution >= 0.6 is 12.4 Å². The predicted octanol–water partition coefficient (Wildman–Crippen LogP) is 2.76. The van der Waals surface area contributed by atoms with Crippen molar-refractivity contribution in [3.8, 4) is 23.0 Å². The van der Waals surface area contributed by atoms with Gasteiger partial charge in [0.15, 0.2) is 0 Å². The molecule has 2 aromatic heterocycles. The molecule has 1 fully saturated rings. The highest BCUT2D eigenvalue weighted by molar-refractivity contribution is 5.85. The average Bonchev–Trinajstić information content (AvgIpc) is 3.17. The van der Waals surface area contributed by atoms with Crippen molar-refractivity contribution in [2.75, 3.05) is 19.7 Å². The van der Waals surface area contributed by atoms with E-state index >= 15 is 0 Å². The van der Waals surface area contributed by atoms with Crippen LogP contribution in [-0.2, 0) is 6.42 Å². The van der Waals surface area contributed by atoms with E-state index in [1.165, 1.54) is 11.1 Å². The van der Waals surface area contributed by atoms with Gasteiger partial charge in [0.25, 0.3) is 0 Å². The molecule has 4 heterocycles. The summed E-state index contributed by atoms with van der Waals surface area (Å²) in [6, 6.07) is 6.77. The van der Waals surface area contributed by atoms with Crippen LogP contribution in [-0.4, -0.2) is 44.2 Å². The van der Waals surface area contributed by atoms with Crippen LogP contribution in [0.3, 0.4) is 0 Å². The van der Waals surface area contributed by atoms with Crippen molar-refractivity contribution in [2.45, 2.75) is 32.2 Å². The Morgan fingerprint density at radius 1 is 1.26 bits per heavy atom. The van der Waals surface area contributed by atoms with Crippen molar-refractivity contribution in [3.05, 3.63) is 41.9 Å². The molecule has 0 saturated carbocycles. The van der Waals surface area contributed by atoms with Crippen molar-refractivity contribution in [2.24, 2.45) is 0 Å². The third kappa shape index (κ3) is 3.00. The summed E-state index contributed by atoms with van der Waals surface area (Å²) in [6.07, 6.45) is 4.47. The Balaban J connectivity index is 0.00000180. The molecule has 2 aliphatic rings. The molecule has 1 saturated heterocycles. The van der Waals surface area contributed by atoms with Crippen molar-refractivity contribution in [1.82, 2.24) is 29.9 Å². The van der Waals surface area contributed by atoms with E-state index in [0.29, 0.717) is 12.5 Å². The van der Waals surface area contributed by atoms with Gasteiger partial charge in [0.2, 0.25) is 5.95 Å². The van der Waals surface area contributed by atoms with Crippen LogP contribution in [0.2, 0.25) is 0 Å². The Hall–Kier alpha value is -2.38. The summed E-state index contributed by atoms with van der Waals surface area (Å²) in [4.78, 5) is 4.40. The summed E-state index contributed by atoms with van der Waals surface area (Å²) in [7, 11) is 0. The molecule has 0 amide bonds. The van der Waals surface area contributed by atoms with Gasteiger partial charge in [0.05, 0.1) is 18.3 Å². The van der Waals surface area contributed by atoms with Gasteiger partial charge in [0.1, 0.15) is 12.1 Å². The normalized spacial score (nSPS) is 16.0. The van der Waals surface area contributed by atoms with Gasteiger partial charge in [-0.3, -0.25) is 0 Å². The highest BCUT2D eigenvalue weighted by Gasteiger charge is 2.24. The van der Waals surface area contributed by atoms with Crippen LogP contribution in [0.1, 0.15) is 36.9 Å². The number of ether oxygens (including phenoxy) is 1. The Kier molecular flexibility index (Phi) is 4.65.